The highest BCUT2D eigenvalue weighted by atomic mass is 16.2. The van der Waals surface area contributed by atoms with Crippen LogP contribution in [-0.2, 0) is 4.79 Å². The van der Waals surface area contributed by atoms with Crippen LogP contribution in [0.4, 0.5) is 11.4 Å². The molecule has 0 spiro atoms. The summed E-state index contributed by atoms with van der Waals surface area (Å²) in [6, 6.07) is 12.8. The van der Waals surface area contributed by atoms with E-state index in [2.05, 4.69) is 20.7 Å². The van der Waals surface area contributed by atoms with Crippen LogP contribution in [0.15, 0.2) is 55.1 Å². The number of amides is 2. The lowest BCUT2D eigenvalue weighted by atomic mass is 10.1. The molecule has 4 rings (SSSR count). The Bertz CT molecular complexity index is 1020. The fourth-order valence-electron chi connectivity index (χ4n) is 3.68. The number of hydrogen-bond acceptors (Lipinski definition) is 4. The lowest BCUT2D eigenvalue weighted by molar-refractivity contribution is -0.119. The van der Waals surface area contributed by atoms with Gasteiger partial charge in [0.05, 0.1) is 22.6 Å². The highest BCUT2D eigenvalue weighted by molar-refractivity contribution is 6.09. The molecule has 1 aliphatic rings. The second kappa shape index (κ2) is 8.26. The molecule has 2 aromatic carbocycles. The molecule has 1 aliphatic carbocycles. The van der Waals surface area contributed by atoms with E-state index in [0.29, 0.717) is 22.6 Å². The van der Waals surface area contributed by atoms with E-state index in [-0.39, 0.29) is 17.7 Å². The molecule has 0 saturated heterocycles. The van der Waals surface area contributed by atoms with Crippen LogP contribution >= 0.6 is 0 Å². The van der Waals surface area contributed by atoms with Gasteiger partial charge in [0.25, 0.3) is 5.91 Å². The molecule has 0 atom stereocenters. The molecular formula is C22H23N5O2. The van der Waals surface area contributed by atoms with Gasteiger partial charge in [-0.1, -0.05) is 31.0 Å². The van der Waals surface area contributed by atoms with E-state index >= 15 is 0 Å². The number of aryl methyl sites for hydroxylation is 1. The fourth-order valence-corrected chi connectivity index (χ4v) is 3.68. The van der Waals surface area contributed by atoms with Crippen LogP contribution in [0, 0.1) is 12.8 Å². The van der Waals surface area contributed by atoms with Crippen molar-refractivity contribution >= 4 is 23.2 Å². The van der Waals surface area contributed by atoms with Gasteiger partial charge in [-0.05, 0) is 49.6 Å². The molecule has 0 unspecified atom stereocenters. The number of aromatic nitrogens is 3. The molecule has 2 amide bonds. The monoisotopic (exact) mass is 389 g/mol. The molecular weight excluding hydrogens is 366 g/mol. The highest BCUT2D eigenvalue weighted by Gasteiger charge is 2.23. The second-order valence-corrected chi connectivity index (χ2v) is 7.33. The largest absolute Gasteiger partial charge is 0.324 e. The van der Waals surface area contributed by atoms with Crippen LogP contribution < -0.4 is 10.6 Å². The Morgan fingerprint density at radius 3 is 2.59 bits per heavy atom. The van der Waals surface area contributed by atoms with Crippen molar-refractivity contribution in [3.8, 4) is 5.69 Å². The molecule has 1 aromatic heterocycles. The normalized spacial score (nSPS) is 14.0. The van der Waals surface area contributed by atoms with Crippen molar-refractivity contribution < 1.29 is 9.59 Å². The Kier molecular flexibility index (Phi) is 5.37. The standard InChI is InChI=1S/C22H23N5O2/c1-15-10-11-18(25-21(28)16-6-2-3-7-16)19(12-15)26-22(29)17-8-4-5-9-20(17)27-14-23-13-24-27/h4-5,8-14,16H,2-3,6-7H2,1H3,(H,25,28)(H,26,29). The van der Waals surface area contributed by atoms with E-state index < -0.39 is 0 Å². The number of anilines is 2. The average molecular weight is 389 g/mol. The number of nitrogens with one attached hydrogen (secondary N) is 2. The molecule has 7 nitrogen and oxygen atoms in total. The zero-order valence-corrected chi connectivity index (χ0v) is 16.3. The minimum Gasteiger partial charge on any atom is -0.324 e. The SMILES string of the molecule is Cc1ccc(NC(=O)C2CCCC2)c(NC(=O)c2ccccc2-n2cncn2)c1. The summed E-state index contributed by atoms with van der Waals surface area (Å²) >= 11 is 0. The molecule has 2 N–H and O–H groups in total. The van der Waals surface area contributed by atoms with Gasteiger partial charge in [0.2, 0.25) is 5.91 Å². The third kappa shape index (κ3) is 4.18. The van der Waals surface area contributed by atoms with Crippen molar-refractivity contribution in [1.29, 1.82) is 0 Å². The number of carbonyl (C=O) groups excluding carboxylic acids is 2. The zero-order valence-electron chi connectivity index (χ0n) is 16.3. The molecule has 1 saturated carbocycles. The maximum atomic E-state index is 13.1. The van der Waals surface area contributed by atoms with E-state index in [0.717, 1.165) is 31.2 Å². The summed E-state index contributed by atoms with van der Waals surface area (Å²) < 4.78 is 1.55. The summed E-state index contributed by atoms with van der Waals surface area (Å²) in [6.45, 7) is 1.95. The van der Waals surface area contributed by atoms with Crippen LogP contribution in [0.1, 0.15) is 41.6 Å². The van der Waals surface area contributed by atoms with Crippen molar-refractivity contribution in [1.82, 2.24) is 14.8 Å². The van der Waals surface area contributed by atoms with Crippen molar-refractivity contribution in [3.63, 3.8) is 0 Å². The summed E-state index contributed by atoms with van der Waals surface area (Å²) in [5.74, 6) is -0.212. The van der Waals surface area contributed by atoms with Gasteiger partial charge in [0, 0.05) is 5.92 Å². The van der Waals surface area contributed by atoms with Gasteiger partial charge in [-0.15, -0.1) is 0 Å². The number of rotatable bonds is 5. The molecule has 7 heteroatoms. The highest BCUT2D eigenvalue weighted by Crippen LogP contribution is 2.29. The third-order valence-electron chi connectivity index (χ3n) is 5.22. The van der Waals surface area contributed by atoms with Gasteiger partial charge in [0.1, 0.15) is 12.7 Å². The van der Waals surface area contributed by atoms with Crippen LogP contribution in [0.2, 0.25) is 0 Å². The molecule has 29 heavy (non-hydrogen) atoms. The summed E-state index contributed by atoms with van der Waals surface area (Å²) in [6.07, 6.45) is 7.00. The van der Waals surface area contributed by atoms with Crippen molar-refractivity contribution in [2.75, 3.05) is 10.6 Å². The molecule has 148 valence electrons. The van der Waals surface area contributed by atoms with Gasteiger partial charge in [-0.3, -0.25) is 9.59 Å². The Balaban J connectivity index is 1.59. The lowest BCUT2D eigenvalue weighted by Gasteiger charge is -2.16. The Morgan fingerprint density at radius 2 is 1.83 bits per heavy atom. The predicted octanol–water partition coefficient (Wildman–Crippen LogP) is 3.96. The van der Waals surface area contributed by atoms with Crippen molar-refractivity contribution in [2.24, 2.45) is 5.92 Å². The quantitative estimate of drug-likeness (QED) is 0.691. The summed E-state index contributed by atoms with van der Waals surface area (Å²) in [5.41, 5.74) is 3.27. The zero-order chi connectivity index (χ0) is 20.2. The van der Waals surface area contributed by atoms with Crippen molar-refractivity contribution in [2.45, 2.75) is 32.6 Å². The minimum absolute atomic E-state index is 0.0184. The van der Waals surface area contributed by atoms with Crippen LogP contribution in [-0.4, -0.2) is 26.6 Å². The topological polar surface area (TPSA) is 88.9 Å². The van der Waals surface area contributed by atoms with Gasteiger partial charge in [-0.25, -0.2) is 9.67 Å². The Hall–Kier alpha value is -3.48. The molecule has 0 aliphatic heterocycles. The predicted molar refractivity (Wildman–Crippen MR) is 111 cm³/mol. The average Bonchev–Trinajstić information content (AvgIpc) is 3.44. The van der Waals surface area contributed by atoms with Gasteiger partial charge >= 0.3 is 0 Å². The first-order valence-corrected chi connectivity index (χ1v) is 9.79. The van der Waals surface area contributed by atoms with Gasteiger partial charge < -0.3 is 10.6 Å². The molecule has 0 bridgehead atoms. The van der Waals surface area contributed by atoms with Crippen molar-refractivity contribution in [3.05, 3.63) is 66.2 Å². The molecule has 0 radical (unpaired) electrons. The Labute approximate surface area is 169 Å². The van der Waals surface area contributed by atoms with E-state index in [1.165, 1.54) is 6.33 Å². The molecule has 1 heterocycles. The molecule has 3 aromatic rings. The number of carbonyl (C=O) groups is 2. The first-order chi connectivity index (χ1) is 14.1. The van der Waals surface area contributed by atoms with E-state index in [1.54, 1.807) is 23.1 Å². The summed E-state index contributed by atoms with van der Waals surface area (Å²) in [7, 11) is 0. The minimum atomic E-state index is -0.280. The number of hydrogen-bond donors (Lipinski definition) is 2. The van der Waals surface area contributed by atoms with E-state index in [1.807, 2.05) is 37.3 Å². The fraction of sp³-hybridized carbons (Fsp3) is 0.273. The number of nitrogens with zero attached hydrogens (tertiary/aromatic N) is 3. The Morgan fingerprint density at radius 1 is 1.03 bits per heavy atom. The maximum absolute atomic E-state index is 13.1. The molecule has 1 fully saturated rings. The van der Waals surface area contributed by atoms with E-state index in [4.69, 9.17) is 0 Å². The van der Waals surface area contributed by atoms with E-state index in [9.17, 15) is 9.59 Å². The van der Waals surface area contributed by atoms with Crippen LogP contribution in [0.3, 0.4) is 0 Å². The third-order valence-corrected chi connectivity index (χ3v) is 5.22. The second-order valence-electron chi connectivity index (χ2n) is 7.33. The van der Waals surface area contributed by atoms with Crippen LogP contribution in [0.5, 0.6) is 0 Å². The first kappa shape index (κ1) is 18.9. The first-order valence-electron chi connectivity index (χ1n) is 9.79. The summed E-state index contributed by atoms with van der Waals surface area (Å²) in [5, 5.41) is 10.1. The maximum Gasteiger partial charge on any atom is 0.257 e. The lowest BCUT2D eigenvalue weighted by Crippen LogP contribution is -2.22. The van der Waals surface area contributed by atoms with Gasteiger partial charge in [0.15, 0.2) is 0 Å². The number of para-hydroxylation sites is 1. The number of benzene rings is 2. The smallest absolute Gasteiger partial charge is 0.257 e. The summed E-state index contributed by atoms with van der Waals surface area (Å²) in [4.78, 5) is 29.6. The van der Waals surface area contributed by atoms with Crippen LogP contribution in [0.25, 0.3) is 5.69 Å². The van der Waals surface area contributed by atoms with Gasteiger partial charge in [-0.2, -0.15) is 5.10 Å².